The Morgan fingerprint density at radius 3 is 2.75 bits per heavy atom. The van der Waals surface area contributed by atoms with Crippen molar-refractivity contribution in [1.82, 2.24) is 9.55 Å². The number of hydrogen-bond acceptors (Lipinski definition) is 5. The van der Waals surface area contributed by atoms with Crippen molar-refractivity contribution in [1.29, 1.82) is 10.5 Å². The molecule has 0 bridgehead atoms. The van der Waals surface area contributed by atoms with Gasteiger partial charge in [0.2, 0.25) is 0 Å². The summed E-state index contributed by atoms with van der Waals surface area (Å²) in [5, 5.41) is 18.4. The zero-order valence-corrected chi connectivity index (χ0v) is 13.7. The summed E-state index contributed by atoms with van der Waals surface area (Å²) in [6.07, 6.45) is 2.25. The van der Waals surface area contributed by atoms with Crippen molar-refractivity contribution < 1.29 is 0 Å². The van der Waals surface area contributed by atoms with Crippen molar-refractivity contribution in [2.24, 2.45) is 5.92 Å². The lowest BCUT2D eigenvalue weighted by molar-refractivity contribution is 0.499. The lowest BCUT2D eigenvalue weighted by atomic mass is 10.1. The number of thiophene rings is 1. The molecule has 0 saturated carbocycles. The monoisotopic (exact) mass is 334 g/mol. The molecule has 0 radical (unpaired) electrons. The van der Waals surface area contributed by atoms with E-state index < -0.39 is 0 Å². The molecule has 0 aliphatic rings. The molecule has 0 aliphatic carbocycles. The second-order valence-electron chi connectivity index (χ2n) is 5.42. The number of fused-ring (bicyclic) bond motifs is 1. The minimum absolute atomic E-state index is 0.143. The number of nitrogens with zero attached hydrogens (tertiary/aromatic N) is 4. The standard InChI is InChI=1S/C18H14N4OS/c19-8-4-5-13(10-20)11-22-12-21-17-15(18(22)23)9-16(24-17)14-6-2-1-3-7-14/h1-3,6-7,9,12-13H,4-5,11H2. The number of rotatable bonds is 5. The van der Waals surface area contributed by atoms with Crippen LogP contribution in [0.1, 0.15) is 12.8 Å². The summed E-state index contributed by atoms with van der Waals surface area (Å²) in [7, 11) is 0. The molecular formula is C18H14N4OS. The molecule has 2 aromatic heterocycles. The Hall–Kier alpha value is -2.96. The lowest BCUT2D eigenvalue weighted by Crippen LogP contribution is -2.23. The molecule has 1 atom stereocenters. The maximum atomic E-state index is 12.7. The van der Waals surface area contributed by atoms with E-state index in [0.29, 0.717) is 23.1 Å². The van der Waals surface area contributed by atoms with Crippen LogP contribution >= 0.6 is 11.3 Å². The van der Waals surface area contributed by atoms with Crippen LogP contribution in [0.2, 0.25) is 0 Å². The topological polar surface area (TPSA) is 82.5 Å². The molecule has 2 heterocycles. The fourth-order valence-corrected chi connectivity index (χ4v) is 3.50. The quantitative estimate of drug-likeness (QED) is 0.714. The summed E-state index contributed by atoms with van der Waals surface area (Å²) in [5.41, 5.74) is 0.908. The average Bonchev–Trinajstić information content (AvgIpc) is 3.06. The largest absolute Gasteiger partial charge is 0.297 e. The van der Waals surface area contributed by atoms with Gasteiger partial charge in [0, 0.05) is 17.8 Å². The Labute approximate surface area is 143 Å². The summed E-state index contributed by atoms with van der Waals surface area (Å²) in [5.74, 6) is -0.367. The second-order valence-corrected chi connectivity index (χ2v) is 6.45. The SMILES string of the molecule is N#CCCC(C#N)Cn1cnc2sc(-c3ccccc3)cc2c1=O. The Bertz CT molecular complexity index is 992. The molecule has 1 aromatic carbocycles. The first-order valence-electron chi connectivity index (χ1n) is 7.54. The van der Waals surface area contributed by atoms with Crippen molar-refractivity contribution in [3.63, 3.8) is 0 Å². The minimum Gasteiger partial charge on any atom is -0.297 e. The molecular weight excluding hydrogens is 320 g/mol. The van der Waals surface area contributed by atoms with E-state index in [2.05, 4.69) is 11.1 Å². The van der Waals surface area contributed by atoms with Gasteiger partial charge in [-0.15, -0.1) is 11.3 Å². The molecule has 118 valence electrons. The molecule has 3 rings (SSSR count). The highest BCUT2D eigenvalue weighted by Gasteiger charge is 2.13. The molecule has 0 N–H and O–H groups in total. The highest BCUT2D eigenvalue weighted by Crippen LogP contribution is 2.30. The van der Waals surface area contributed by atoms with E-state index in [1.807, 2.05) is 42.5 Å². The third kappa shape index (κ3) is 3.19. The van der Waals surface area contributed by atoms with E-state index in [1.165, 1.54) is 22.2 Å². The predicted octanol–water partition coefficient (Wildman–Crippen LogP) is 3.57. The summed E-state index contributed by atoms with van der Waals surface area (Å²) < 4.78 is 1.47. The van der Waals surface area contributed by atoms with Crippen LogP contribution in [0.5, 0.6) is 0 Å². The van der Waals surface area contributed by atoms with Gasteiger partial charge >= 0.3 is 0 Å². The highest BCUT2D eigenvalue weighted by atomic mass is 32.1. The Morgan fingerprint density at radius 2 is 2.04 bits per heavy atom. The molecule has 5 nitrogen and oxygen atoms in total. The smallest absolute Gasteiger partial charge is 0.262 e. The fraction of sp³-hybridized carbons (Fsp3) is 0.222. The van der Waals surface area contributed by atoms with Crippen molar-refractivity contribution >= 4 is 21.6 Å². The van der Waals surface area contributed by atoms with Gasteiger partial charge in [0.15, 0.2) is 0 Å². The summed E-state index contributed by atoms with van der Waals surface area (Å²) >= 11 is 1.48. The molecule has 0 spiro atoms. The first-order chi connectivity index (χ1) is 11.7. The number of aromatic nitrogens is 2. The van der Waals surface area contributed by atoms with E-state index in [1.54, 1.807) is 0 Å². The van der Waals surface area contributed by atoms with Gasteiger partial charge in [0.1, 0.15) is 4.83 Å². The van der Waals surface area contributed by atoms with Crippen molar-refractivity contribution in [3.05, 3.63) is 53.1 Å². The Morgan fingerprint density at radius 1 is 1.25 bits per heavy atom. The Kier molecular flexibility index (Phi) is 4.69. The van der Waals surface area contributed by atoms with Crippen LogP contribution in [0, 0.1) is 28.6 Å². The van der Waals surface area contributed by atoms with Crippen molar-refractivity contribution in [2.75, 3.05) is 0 Å². The third-order valence-electron chi connectivity index (χ3n) is 3.78. The maximum absolute atomic E-state index is 12.7. The second kappa shape index (κ2) is 7.08. The van der Waals surface area contributed by atoms with Gasteiger partial charge in [-0.2, -0.15) is 10.5 Å². The zero-order chi connectivity index (χ0) is 16.9. The van der Waals surface area contributed by atoms with Crippen LogP contribution in [-0.4, -0.2) is 9.55 Å². The molecule has 0 aliphatic heterocycles. The van der Waals surface area contributed by atoms with Gasteiger partial charge in [-0.3, -0.25) is 9.36 Å². The molecule has 3 aromatic rings. The summed E-state index contributed by atoms with van der Waals surface area (Å²) in [4.78, 5) is 18.7. The molecule has 6 heteroatoms. The predicted molar refractivity (Wildman–Crippen MR) is 93.3 cm³/mol. The van der Waals surface area contributed by atoms with Crippen LogP contribution in [-0.2, 0) is 6.54 Å². The van der Waals surface area contributed by atoms with Gasteiger partial charge < -0.3 is 0 Å². The molecule has 0 fully saturated rings. The van der Waals surface area contributed by atoms with E-state index >= 15 is 0 Å². The molecule has 24 heavy (non-hydrogen) atoms. The van der Waals surface area contributed by atoms with E-state index in [0.717, 1.165) is 10.4 Å². The van der Waals surface area contributed by atoms with Crippen LogP contribution in [0.4, 0.5) is 0 Å². The van der Waals surface area contributed by atoms with Gasteiger partial charge in [-0.05, 0) is 18.1 Å². The molecule has 0 amide bonds. The van der Waals surface area contributed by atoms with E-state index in [9.17, 15) is 10.1 Å². The van der Waals surface area contributed by atoms with E-state index in [-0.39, 0.29) is 18.0 Å². The zero-order valence-electron chi connectivity index (χ0n) is 12.8. The Balaban J connectivity index is 1.95. The minimum atomic E-state index is -0.367. The first-order valence-corrected chi connectivity index (χ1v) is 8.35. The van der Waals surface area contributed by atoms with Crippen LogP contribution in [0.3, 0.4) is 0 Å². The van der Waals surface area contributed by atoms with Gasteiger partial charge in [0.25, 0.3) is 5.56 Å². The van der Waals surface area contributed by atoms with Gasteiger partial charge in [-0.1, -0.05) is 30.3 Å². The number of hydrogen-bond donors (Lipinski definition) is 0. The molecule has 0 saturated heterocycles. The highest BCUT2D eigenvalue weighted by molar-refractivity contribution is 7.21. The lowest BCUT2D eigenvalue weighted by Gasteiger charge is -2.09. The maximum Gasteiger partial charge on any atom is 0.262 e. The number of benzene rings is 1. The number of nitriles is 2. The fourth-order valence-electron chi connectivity index (χ4n) is 2.51. The van der Waals surface area contributed by atoms with Gasteiger partial charge in [-0.25, -0.2) is 4.98 Å². The van der Waals surface area contributed by atoms with E-state index in [4.69, 9.17) is 5.26 Å². The van der Waals surface area contributed by atoms with Crippen molar-refractivity contribution in [3.8, 4) is 22.6 Å². The first kappa shape index (κ1) is 15.9. The summed E-state index contributed by atoms with van der Waals surface area (Å²) in [6, 6.07) is 15.9. The third-order valence-corrected chi connectivity index (χ3v) is 4.87. The van der Waals surface area contributed by atoms with Crippen molar-refractivity contribution in [2.45, 2.75) is 19.4 Å². The van der Waals surface area contributed by atoms with Crippen LogP contribution < -0.4 is 5.56 Å². The average molecular weight is 334 g/mol. The normalized spacial score (nSPS) is 11.8. The molecule has 1 unspecified atom stereocenters. The van der Waals surface area contributed by atoms with Gasteiger partial charge in [0.05, 0.1) is 29.8 Å². The van der Waals surface area contributed by atoms with Crippen LogP contribution in [0.25, 0.3) is 20.7 Å². The van der Waals surface area contributed by atoms with Crippen LogP contribution in [0.15, 0.2) is 47.5 Å². The summed E-state index contributed by atoms with van der Waals surface area (Å²) in [6.45, 7) is 0.260.